The van der Waals surface area contributed by atoms with E-state index >= 15 is 0 Å². The molecule has 4 nitrogen and oxygen atoms in total. The number of piperidine rings is 1. The molecule has 1 heterocycles. The van der Waals surface area contributed by atoms with Crippen LogP contribution in [0.4, 0.5) is 0 Å². The molecule has 0 aromatic heterocycles. The molecule has 4 heteroatoms. The summed E-state index contributed by atoms with van der Waals surface area (Å²) >= 11 is 0. The van der Waals surface area contributed by atoms with Crippen LogP contribution in [0.15, 0.2) is 4.99 Å². The minimum atomic E-state index is 0.125. The number of hydrogen-bond donors (Lipinski definition) is 2. The lowest BCUT2D eigenvalue weighted by Crippen LogP contribution is -2.49. The smallest absolute Gasteiger partial charge is 0.188 e. The molecule has 0 aliphatic carbocycles. The fourth-order valence-corrected chi connectivity index (χ4v) is 2.11. The van der Waals surface area contributed by atoms with Gasteiger partial charge in [0.2, 0.25) is 0 Å². The van der Waals surface area contributed by atoms with E-state index in [9.17, 15) is 0 Å². The van der Waals surface area contributed by atoms with E-state index in [2.05, 4.69) is 29.1 Å². The third kappa shape index (κ3) is 4.00. The van der Waals surface area contributed by atoms with Gasteiger partial charge in [0.05, 0.1) is 6.54 Å². The fourth-order valence-electron chi connectivity index (χ4n) is 2.11. The molecular weight excluding hydrogens is 200 g/mol. The predicted molar refractivity (Wildman–Crippen MR) is 69.7 cm³/mol. The zero-order valence-electron chi connectivity index (χ0n) is 10.9. The Labute approximate surface area is 99.3 Å². The summed E-state index contributed by atoms with van der Waals surface area (Å²) in [4.78, 5) is 6.93. The number of nitrogens with zero attached hydrogens (tertiary/aromatic N) is 2. The highest BCUT2D eigenvalue weighted by molar-refractivity contribution is 5.77. The molecule has 3 N–H and O–H groups in total. The maximum Gasteiger partial charge on any atom is 0.188 e. The SMILES string of the molecule is CCNC(N)=NCC(C)(C)N1CCCCC1. The van der Waals surface area contributed by atoms with Crippen LogP contribution in [0, 0.1) is 0 Å². The summed E-state index contributed by atoms with van der Waals surface area (Å²) in [6.07, 6.45) is 4.00. The van der Waals surface area contributed by atoms with Crippen molar-refractivity contribution in [1.29, 1.82) is 0 Å². The van der Waals surface area contributed by atoms with Crippen LogP contribution < -0.4 is 11.1 Å². The van der Waals surface area contributed by atoms with E-state index in [1.165, 1.54) is 32.4 Å². The molecule has 1 aliphatic heterocycles. The second kappa shape index (κ2) is 6.09. The van der Waals surface area contributed by atoms with E-state index in [1.807, 2.05) is 6.92 Å². The van der Waals surface area contributed by atoms with Crippen molar-refractivity contribution in [3.8, 4) is 0 Å². The molecule has 94 valence electrons. The van der Waals surface area contributed by atoms with Gasteiger partial charge in [-0.25, -0.2) is 0 Å². The Kier molecular flexibility index (Phi) is 5.06. The summed E-state index contributed by atoms with van der Waals surface area (Å²) in [7, 11) is 0. The Morgan fingerprint density at radius 3 is 2.50 bits per heavy atom. The molecule has 0 saturated carbocycles. The molecule has 1 saturated heterocycles. The topological polar surface area (TPSA) is 53.6 Å². The molecule has 0 radical (unpaired) electrons. The van der Waals surface area contributed by atoms with Gasteiger partial charge in [0.1, 0.15) is 0 Å². The number of aliphatic imine (C=N–C) groups is 1. The normalized spacial score (nSPS) is 19.8. The zero-order chi connectivity index (χ0) is 12.0. The first-order valence-corrected chi connectivity index (χ1v) is 6.35. The molecule has 0 bridgehead atoms. The maximum atomic E-state index is 5.74. The Hall–Kier alpha value is -0.770. The lowest BCUT2D eigenvalue weighted by Gasteiger charge is -2.40. The number of rotatable bonds is 4. The molecule has 1 aliphatic rings. The van der Waals surface area contributed by atoms with Gasteiger partial charge in [-0.15, -0.1) is 0 Å². The van der Waals surface area contributed by atoms with Crippen molar-refractivity contribution < 1.29 is 0 Å². The Morgan fingerprint density at radius 2 is 1.94 bits per heavy atom. The highest BCUT2D eigenvalue weighted by Gasteiger charge is 2.27. The van der Waals surface area contributed by atoms with Crippen molar-refractivity contribution in [2.75, 3.05) is 26.2 Å². The minimum absolute atomic E-state index is 0.125. The summed E-state index contributed by atoms with van der Waals surface area (Å²) in [5, 5.41) is 3.03. The quantitative estimate of drug-likeness (QED) is 0.559. The summed E-state index contributed by atoms with van der Waals surface area (Å²) in [5.41, 5.74) is 5.87. The van der Waals surface area contributed by atoms with Gasteiger partial charge in [0, 0.05) is 12.1 Å². The predicted octanol–water partition coefficient (Wildman–Crippen LogP) is 1.18. The molecule has 0 spiro atoms. The molecule has 0 atom stereocenters. The number of guanidine groups is 1. The summed E-state index contributed by atoms with van der Waals surface area (Å²) in [5.74, 6) is 0.563. The van der Waals surface area contributed by atoms with Gasteiger partial charge in [0.15, 0.2) is 5.96 Å². The standard InChI is InChI=1S/C12H26N4/c1-4-14-11(13)15-10-12(2,3)16-8-6-5-7-9-16/h4-10H2,1-3H3,(H3,13,14,15). The van der Waals surface area contributed by atoms with Gasteiger partial charge in [-0.1, -0.05) is 6.42 Å². The molecule has 0 unspecified atom stereocenters. The summed E-state index contributed by atoms with van der Waals surface area (Å²) < 4.78 is 0. The van der Waals surface area contributed by atoms with Crippen molar-refractivity contribution in [2.45, 2.75) is 45.6 Å². The first-order valence-electron chi connectivity index (χ1n) is 6.35. The Morgan fingerprint density at radius 1 is 1.31 bits per heavy atom. The van der Waals surface area contributed by atoms with E-state index in [1.54, 1.807) is 0 Å². The highest BCUT2D eigenvalue weighted by atomic mass is 15.2. The van der Waals surface area contributed by atoms with Crippen LogP contribution in [-0.2, 0) is 0 Å². The van der Waals surface area contributed by atoms with E-state index < -0.39 is 0 Å². The van der Waals surface area contributed by atoms with Crippen LogP contribution >= 0.6 is 0 Å². The molecule has 16 heavy (non-hydrogen) atoms. The number of likely N-dealkylation sites (tertiary alicyclic amines) is 1. The van der Waals surface area contributed by atoms with Gasteiger partial charge in [0.25, 0.3) is 0 Å². The van der Waals surface area contributed by atoms with Crippen molar-refractivity contribution in [1.82, 2.24) is 10.2 Å². The Balaban J connectivity index is 2.46. The van der Waals surface area contributed by atoms with Crippen LogP contribution in [0.1, 0.15) is 40.0 Å². The van der Waals surface area contributed by atoms with E-state index in [4.69, 9.17) is 5.73 Å². The van der Waals surface area contributed by atoms with Gasteiger partial charge in [-0.05, 0) is 46.7 Å². The zero-order valence-corrected chi connectivity index (χ0v) is 10.9. The third-order valence-electron chi connectivity index (χ3n) is 3.21. The van der Waals surface area contributed by atoms with Gasteiger partial charge in [-0.3, -0.25) is 9.89 Å². The number of nitrogens with two attached hydrogens (primary N) is 1. The van der Waals surface area contributed by atoms with Crippen molar-refractivity contribution in [3.63, 3.8) is 0 Å². The first-order chi connectivity index (χ1) is 7.56. The second-order valence-corrected chi connectivity index (χ2v) is 5.09. The molecule has 1 fully saturated rings. The Bertz CT molecular complexity index is 229. The molecule has 0 aromatic rings. The molecular formula is C12H26N4. The van der Waals surface area contributed by atoms with Crippen LogP contribution in [0.2, 0.25) is 0 Å². The fraction of sp³-hybridized carbons (Fsp3) is 0.917. The molecule has 1 rings (SSSR count). The van der Waals surface area contributed by atoms with E-state index in [0.29, 0.717) is 5.96 Å². The van der Waals surface area contributed by atoms with Gasteiger partial charge >= 0.3 is 0 Å². The lowest BCUT2D eigenvalue weighted by atomic mass is 9.99. The van der Waals surface area contributed by atoms with Crippen LogP contribution in [0.3, 0.4) is 0 Å². The van der Waals surface area contributed by atoms with Crippen molar-refractivity contribution in [2.24, 2.45) is 10.7 Å². The first kappa shape index (κ1) is 13.3. The van der Waals surface area contributed by atoms with Crippen LogP contribution in [-0.4, -0.2) is 42.6 Å². The van der Waals surface area contributed by atoms with Gasteiger partial charge < -0.3 is 11.1 Å². The van der Waals surface area contributed by atoms with E-state index in [0.717, 1.165) is 13.1 Å². The highest BCUT2D eigenvalue weighted by Crippen LogP contribution is 2.20. The molecule has 0 amide bonds. The summed E-state index contributed by atoms with van der Waals surface area (Å²) in [6, 6.07) is 0. The minimum Gasteiger partial charge on any atom is -0.370 e. The van der Waals surface area contributed by atoms with Crippen LogP contribution in [0.25, 0.3) is 0 Å². The summed E-state index contributed by atoms with van der Waals surface area (Å²) in [6.45, 7) is 10.5. The van der Waals surface area contributed by atoms with Crippen molar-refractivity contribution >= 4 is 5.96 Å². The van der Waals surface area contributed by atoms with Crippen LogP contribution in [0.5, 0.6) is 0 Å². The van der Waals surface area contributed by atoms with E-state index in [-0.39, 0.29) is 5.54 Å². The lowest BCUT2D eigenvalue weighted by molar-refractivity contribution is 0.102. The second-order valence-electron chi connectivity index (χ2n) is 5.09. The molecule has 0 aromatic carbocycles. The average molecular weight is 226 g/mol. The number of nitrogens with one attached hydrogen (secondary N) is 1. The van der Waals surface area contributed by atoms with Gasteiger partial charge in [-0.2, -0.15) is 0 Å². The van der Waals surface area contributed by atoms with Crippen molar-refractivity contribution in [3.05, 3.63) is 0 Å². The largest absolute Gasteiger partial charge is 0.370 e. The maximum absolute atomic E-state index is 5.74. The third-order valence-corrected chi connectivity index (χ3v) is 3.21. The average Bonchev–Trinajstić information content (AvgIpc) is 2.28. The number of hydrogen-bond acceptors (Lipinski definition) is 2. The monoisotopic (exact) mass is 226 g/mol.